The maximum absolute atomic E-state index is 13.0. The predicted octanol–water partition coefficient (Wildman–Crippen LogP) is 0.777. The molecule has 0 bridgehead atoms. The van der Waals surface area contributed by atoms with Gasteiger partial charge in [0.1, 0.15) is 18.1 Å². The Kier molecular flexibility index (Phi) is 15.8. The summed E-state index contributed by atoms with van der Waals surface area (Å²) in [5.41, 5.74) is -2.77. The maximum atomic E-state index is 13.0. The first-order chi connectivity index (χ1) is 17.3. The SMILES string of the molecule is CCCCC(NC(=O)CC(O)(CC(=O)NC(CCCC)C(=O)O)C(=O)NC(CCCC)C(=O)O)C(=O)O. The predicted molar refractivity (Wildman–Crippen MR) is 131 cm³/mol. The van der Waals surface area contributed by atoms with Gasteiger partial charge in [-0.1, -0.05) is 59.3 Å². The summed E-state index contributed by atoms with van der Waals surface area (Å²) in [6.07, 6.45) is 1.46. The normalized spacial score (nSPS) is 14.9. The lowest BCUT2D eigenvalue weighted by molar-refractivity contribution is -0.154. The Morgan fingerprint density at radius 1 is 0.595 bits per heavy atom. The van der Waals surface area contributed by atoms with Crippen molar-refractivity contribution < 1.29 is 49.2 Å². The fourth-order valence-corrected chi connectivity index (χ4v) is 3.53. The highest BCUT2D eigenvalue weighted by molar-refractivity contribution is 5.97. The summed E-state index contributed by atoms with van der Waals surface area (Å²) in [6, 6.07) is -4.00. The van der Waals surface area contributed by atoms with Crippen molar-refractivity contribution in [3.8, 4) is 0 Å². The van der Waals surface area contributed by atoms with Crippen LogP contribution in [0.4, 0.5) is 0 Å². The van der Waals surface area contributed by atoms with Crippen molar-refractivity contribution in [3.63, 3.8) is 0 Å². The minimum absolute atomic E-state index is 0.0300. The molecule has 0 aromatic heterocycles. The summed E-state index contributed by atoms with van der Waals surface area (Å²) >= 11 is 0. The maximum Gasteiger partial charge on any atom is 0.326 e. The molecule has 0 aliphatic heterocycles. The van der Waals surface area contributed by atoms with Gasteiger partial charge in [0, 0.05) is 0 Å². The molecule has 13 nitrogen and oxygen atoms in total. The highest BCUT2D eigenvalue weighted by atomic mass is 16.4. The van der Waals surface area contributed by atoms with Crippen molar-refractivity contribution in [1.82, 2.24) is 16.0 Å². The Hall–Kier alpha value is -3.22. The van der Waals surface area contributed by atoms with Crippen LogP contribution in [0.25, 0.3) is 0 Å². The van der Waals surface area contributed by atoms with Gasteiger partial charge in [0.05, 0.1) is 12.8 Å². The number of unbranched alkanes of at least 4 members (excludes halogenated alkanes) is 3. The lowest BCUT2D eigenvalue weighted by Gasteiger charge is -2.29. The third-order valence-corrected chi connectivity index (χ3v) is 5.74. The fourth-order valence-electron chi connectivity index (χ4n) is 3.53. The first-order valence-electron chi connectivity index (χ1n) is 12.6. The van der Waals surface area contributed by atoms with Gasteiger partial charge in [0.15, 0.2) is 5.60 Å². The molecule has 0 aliphatic rings. The van der Waals surface area contributed by atoms with Gasteiger partial charge < -0.3 is 36.4 Å². The van der Waals surface area contributed by atoms with Crippen molar-refractivity contribution in [2.24, 2.45) is 0 Å². The topological polar surface area (TPSA) is 219 Å². The minimum atomic E-state index is -2.77. The zero-order valence-corrected chi connectivity index (χ0v) is 21.7. The Bertz CT molecular complexity index is 760. The number of amides is 3. The number of carboxylic acid groups (broad SMARTS) is 3. The molecule has 212 valence electrons. The van der Waals surface area contributed by atoms with Crippen LogP contribution in [0, 0.1) is 0 Å². The molecule has 3 unspecified atom stereocenters. The summed E-state index contributed by atoms with van der Waals surface area (Å²) in [5.74, 6) is -7.43. The van der Waals surface area contributed by atoms with Gasteiger partial charge >= 0.3 is 17.9 Å². The van der Waals surface area contributed by atoms with E-state index in [4.69, 9.17) is 0 Å². The van der Waals surface area contributed by atoms with E-state index in [-0.39, 0.29) is 19.3 Å². The largest absolute Gasteiger partial charge is 0.480 e. The minimum Gasteiger partial charge on any atom is -0.480 e. The van der Waals surface area contributed by atoms with Gasteiger partial charge in [0.25, 0.3) is 5.91 Å². The quantitative estimate of drug-likeness (QED) is 0.117. The molecular formula is C24H41N3O10. The molecule has 0 aliphatic carbocycles. The summed E-state index contributed by atoms with van der Waals surface area (Å²) in [6.45, 7) is 5.45. The fraction of sp³-hybridized carbons (Fsp3) is 0.750. The monoisotopic (exact) mass is 531 g/mol. The van der Waals surface area contributed by atoms with Crippen LogP contribution in [-0.4, -0.2) is 79.8 Å². The molecule has 0 heterocycles. The van der Waals surface area contributed by atoms with E-state index in [1.54, 1.807) is 6.92 Å². The van der Waals surface area contributed by atoms with Crippen molar-refractivity contribution in [2.45, 2.75) is 115 Å². The number of aliphatic carboxylic acids is 3. The van der Waals surface area contributed by atoms with Gasteiger partial charge in [-0.25, -0.2) is 14.4 Å². The van der Waals surface area contributed by atoms with Crippen molar-refractivity contribution in [3.05, 3.63) is 0 Å². The number of hydrogen-bond acceptors (Lipinski definition) is 7. The van der Waals surface area contributed by atoms with Crippen molar-refractivity contribution in [1.29, 1.82) is 0 Å². The lowest BCUT2D eigenvalue weighted by atomic mass is 9.92. The van der Waals surface area contributed by atoms with Gasteiger partial charge in [-0.2, -0.15) is 0 Å². The molecule has 7 N–H and O–H groups in total. The van der Waals surface area contributed by atoms with E-state index < -0.39 is 72.2 Å². The lowest BCUT2D eigenvalue weighted by Crippen LogP contribution is -2.57. The first kappa shape index (κ1) is 33.8. The molecule has 0 aromatic rings. The second-order valence-electron chi connectivity index (χ2n) is 9.09. The molecule has 3 amide bonds. The van der Waals surface area contributed by atoms with E-state index in [0.717, 1.165) is 0 Å². The number of carbonyl (C=O) groups is 6. The number of aliphatic hydroxyl groups is 1. The molecule has 0 aromatic carbocycles. The molecule has 0 saturated heterocycles. The van der Waals surface area contributed by atoms with E-state index >= 15 is 0 Å². The summed E-state index contributed by atoms with van der Waals surface area (Å²) in [4.78, 5) is 72.7. The first-order valence-corrected chi connectivity index (χ1v) is 12.6. The van der Waals surface area contributed by atoms with Gasteiger partial charge in [0.2, 0.25) is 11.8 Å². The third kappa shape index (κ3) is 13.1. The highest BCUT2D eigenvalue weighted by Gasteiger charge is 2.43. The van der Waals surface area contributed by atoms with E-state index in [0.29, 0.717) is 38.5 Å². The smallest absolute Gasteiger partial charge is 0.326 e. The van der Waals surface area contributed by atoms with Crippen LogP contribution in [0.3, 0.4) is 0 Å². The molecule has 0 spiro atoms. The Morgan fingerprint density at radius 2 is 0.892 bits per heavy atom. The second-order valence-corrected chi connectivity index (χ2v) is 9.09. The molecular weight excluding hydrogens is 490 g/mol. The standard InChI is InChI=1S/C24H41N3O10/c1-4-7-10-15(20(30)31)25-18(28)13-24(37,23(36)27-17(22(34)35)12-9-6-3)14-19(29)26-16(21(32)33)11-8-5-2/h15-17,37H,4-14H2,1-3H3,(H,25,28)(H,26,29)(H,27,36)(H,30,31)(H,32,33)(H,34,35). The van der Waals surface area contributed by atoms with Gasteiger partial charge in [-0.05, 0) is 19.3 Å². The van der Waals surface area contributed by atoms with Crippen LogP contribution < -0.4 is 16.0 Å². The Morgan fingerprint density at radius 3 is 1.16 bits per heavy atom. The van der Waals surface area contributed by atoms with Crippen LogP contribution in [0.5, 0.6) is 0 Å². The van der Waals surface area contributed by atoms with Crippen LogP contribution in [-0.2, 0) is 28.8 Å². The summed E-state index contributed by atoms with van der Waals surface area (Å²) < 4.78 is 0. The molecule has 0 saturated carbocycles. The van der Waals surface area contributed by atoms with Crippen molar-refractivity contribution in [2.75, 3.05) is 0 Å². The molecule has 0 radical (unpaired) electrons. The molecule has 0 rings (SSSR count). The number of carbonyl (C=O) groups excluding carboxylic acids is 3. The average molecular weight is 532 g/mol. The number of nitrogens with one attached hydrogen (secondary N) is 3. The van der Waals surface area contributed by atoms with E-state index in [1.165, 1.54) is 0 Å². The average Bonchev–Trinajstić information content (AvgIpc) is 2.80. The number of rotatable bonds is 20. The van der Waals surface area contributed by atoms with Gasteiger partial charge in [-0.3, -0.25) is 14.4 Å². The van der Waals surface area contributed by atoms with E-state index in [2.05, 4.69) is 16.0 Å². The summed E-state index contributed by atoms with van der Waals surface area (Å²) in [7, 11) is 0. The Balaban J connectivity index is 5.85. The molecule has 0 fully saturated rings. The van der Waals surface area contributed by atoms with Gasteiger partial charge in [-0.15, -0.1) is 0 Å². The number of hydrogen-bond donors (Lipinski definition) is 7. The highest BCUT2D eigenvalue weighted by Crippen LogP contribution is 2.19. The zero-order valence-electron chi connectivity index (χ0n) is 21.7. The zero-order chi connectivity index (χ0) is 28.6. The molecule has 3 atom stereocenters. The van der Waals surface area contributed by atoms with Crippen LogP contribution >= 0.6 is 0 Å². The van der Waals surface area contributed by atoms with E-state index in [1.807, 2.05) is 13.8 Å². The van der Waals surface area contributed by atoms with Crippen molar-refractivity contribution >= 4 is 35.6 Å². The number of carboxylic acids is 3. The van der Waals surface area contributed by atoms with E-state index in [9.17, 15) is 49.2 Å². The third-order valence-electron chi connectivity index (χ3n) is 5.74. The van der Waals surface area contributed by atoms with Crippen LogP contribution in [0.15, 0.2) is 0 Å². The van der Waals surface area contributed by atoms with Crippen LogP contribution in [0.1, 0.15) is 91.4 Å². The molecule has 13 heteroatoms. The summed E-state index contributed by atoms with van der Waals surface area (Å²) in [5, 5.41) is 45.8. The second kappa shape index (κ2) is 17.3. The van der Waals surface area contributed by atoms with Crippen LogP contribution in [0.2, 0.25) is 0 Å². The molecule has 37 heavy (non-hydrogen) atoms. The Labute approximate surface area is 216 Å².